The Morgan fingerprint density at radius 3 is 0.750 bits per heavy atom. The van der Waals surface area contributed by atoms with Crippen molar-refractivity contribution in [2.24, 2.45) is 0 Å². The molecule has 0 saturated carbocycles. The standard InChI is InChI=1S/2CF2O/c2*2-1(3)4. The first kappa shape index (κ1) is 10.1. The fourth-order valence-corrected chi connectivity index (χ4v) is 0. The van der Waals surface area contributed by atoms with E-state index >= 15 is 0 Å². The molecule has 0 spiro atoms. The lowest BCUT2D eigenvalue weighted by molar-refractivity contribution is 0.197. The van der Waals surface area contributed by atoms with E-state index in [-0.39, 0.29) is 0 Å². The van der Waals surface area contributed by atoms with Crippen LogP contribution in [0.5, 0.6) is 0 Å². The molecule has 8 heavy (non-hydrogen) atoms. The summed E-state index contributed by atoms with van der Waals surface area (Å²) in [7, 11) is 0. The zero-order chi connectivity index (χ0) is 7.15. The van der Waals surface area contributed by atoms with Crippen LogP contribution < -0.4 is 0 Å². The van der Waals surface area contributed by atoms with Crippen LogP contribution >= 0.6 is 0 Å². The summed E-state index contributed by atoms with van der Waals surface area (Å²) in [5.41, 5.74) is 0. The summed E-state index contributed by atoms with van der Waals surface area (Å²) in [6.07, 6.45) is -5.67. The van der Waals surface area contributed by atoms with Crippen LogP contribution in [0.3, 0.4) is 0 Å². The summed E-state index contributed by atoms with van der Waals surface area (Å²) in [4.78, 5) is 16.2. The van der Waals surface area contributed by atoms with E-state index in [4.69, 9.17) is 9.59 Å². The minimum Gasteiger partial charge on any atom is -0.219 e. The largest absolute Gasteiger partial charge is 0.483 e. The van der Waals surface area contributed by atoms with E-state index in [1.54, 1.807) is 0 Å². The smallest absolute Gasteiger partial charge is 0.219 e. The Kier molecular flexibility index (Phi) is 7.67. The zero-order valence-electron chi connectivity index (χ0n) is 3.33. The van der Waals surface area contributed by atoms with Gasteiger partial charge in [-0.15, -0.1) is 17.6 Å². The van der Waals surface area contributed by atoms with Gasteiger partial charge in [0.15, 0.2) is 0 Å². The first-order chi connectivity index (χ1) is 3.46. The van der Waals surface area contributed by atoms with Gasteiger partial charge in [-0.05, 0) is 0 Å². The molecule has 0 N–H and O–H groups in total. The summed E-state index contributed by atoms with van der Waals surface area (Å²) in [5.74, 6) is 0. The normalized spacial score (nSPS) is 6.50. The highest BCUT2D eigenvalue weighted by Gasteiger charge is 1.78. The van der Waals surface area contributed by atoms with Gasteiger partial charge in [0.05, 0.1) is 0 Å². The van der Waals surface area contributed by atoms with E-state index in [9.17, 15) is 17.6 Å². The molecule has 6 heteroatoms. The molecule has 0 fully saturated rings. The average molecular weight is 132 g/mol. The van der Waals surface area contributed by atoms with Crippen LogP contribution in [-0.4, -0.2) is 12.6 Å². The Bertz CT molecular complexity index is 70.0. The molecule has 0 amide bonds. The highest BCUT2D eigenvalue weighted by Crippen LogP contribution is 1.70. The van der Waals surface area contributed by atoms with Gasteiger partial charge in [-0.2, -0.15) is 0 Å². The van der Waals surface area contributed by atoms with Crippen LogP contribution in [0, 0.1) is 0 Å². The molecule has 0 unspecified atom stereocenters. The maximum absolute atomic E-state index is 9.69. The SMILES string of the molecule is O=C(F)F.O=C(F)F. The first-order valence-electron chi connectivity index (χ1n) is 1.16. The highest BCUT2D eigenvalue weighted by molar-refractivity contribution is 5.56. The molecule has 0 radical (unpaired) electrons. The minimum absolute atomic E-state index is 2.83. The fourth-order valence-electron chi connectivity index (χ4n) is 0. The summed E-state index contributed by atoms with van der Waals surface area (Å²) in [5, 5.41) is 0. The maximum atomic E-state index is 9.69. The molecule has 0 aromatic rings. The molecule has 0 aliphatic rings. The highest BCUT2D eigenvalue weighted by atomic mass is 19.3. The maximum Gasteiger partial charge on any atom is 0.483 e. The third-order valence-corrected chi connectivity index (χ3v) is 0. The summed E-state index contributed by atoms with van der Waals surface area (Å²) in [6.45, 7) is 0. The van der Waals surface area contributed by atoms with E-state index in [2.05, 4.69) is 0 Å². The van der Waals surface area contributed by atoms with Crippen molar-refractivity contribution in [1.82, 2.24) is 0 Å². The Balaban J connectivity index is 0. The monoisotopic (exact) mass is 132 g/mol. The van der Waals surface area contributed by atoms with Crippen molar-refractivity contribution >= 4 is 12.6 Å². The number of carbonyl (C=O) groups excluding carboxylic acids is 2. The van der Waals surface area contributed by atoms with Gasteiger partial charge in [-0.3, -0.25) is 0 Å². The van der Waals surface area contributed by atoms with E-state index in [0.717, 1.165) is 0 Å². The van der Waals surface area contributed by atoms with Crippen LogP contribution in [0.2, 0.25) is 0 Å². The Morgan fingerprint density at radius 1 is 0.750 bits per heavy atom. The van der Waals surface area contributed by atoms with Crippen molar-refractivity contribution in [3.63, 3.8) is 0 Å². The van der Waals surface area contributed by atoms with Gasteiger partial charge in [0.1, 0.15) is 0 Å². The van der Waals surface area contributed by atoms with Gasteiger partial charge < -0.3 is 0 Å². The molecule has 0 aliphatic carbocycles. The van der Waals surface area contributed by atoms with Gasteiger partial charge >= 0.3 is 12.6 Å². The van der Waals surface area contributed by atoms with Crippen molar-refractivity contribution in [2.45, 2.75) is 0 Å². The second-order valence-electron chi connectivity index (χ2n) is 0.451. The van der Waals surface area contributed by atoms with Crippen LogP contribution in [-0.2, 0) is 0 Å². The zero-order valence-corrected chi connectivity index (χ0v) is 3.33. The molecule has 0 bridgehead atoms. The van der Waals surface area contributed by atoms with Crippen LogP contribution in [0.15, 0.2) is 0 Å². The third-order valence-electron chi connectivity index (χ3n) is 0. The molecule has 0 aliphatic heterocycles. The lowest BCUT2D eigenvalue weighted by atomic mass is 11.6. The van der Waals surface area contributed by atoms with E-state index in [1.807, 2.05) is 0 Å². The predicted molar refractivity (Wildman–Crippen MR) is 15.2 cm³/mol. The number of rotatable bonds is 0. The van der Waals surface area contributed by atoms with E-state index in [0.29, 0.717) is 0 Å². The van der Waals surface area contributed by atoms with Crippen LogP contribution in [0.1, 0.15) is 0 Å². The van der Waals surface area contributed by atoms with Crippen LogP contribution in [0.25, 0.3) is 0 Å². The van der Waals surface area contributed by atoms with E-state index in [1.165, 1.54) is 0 Å². The predicted octanol–water partition coefficient (Wildman–Crippen LogP) is 2.09. The van der Waals surface area contributed by atoms with Crippen molar-refractivity contribution in [2.75, 3.05) is 0 Å². The van der Waals surface area contributed by atoms with E-state index < -0.39 is 12.6 Å². The van der Waals surface area contributed by atoms with Gasteiger partial charge in [-0.1, -0.05) is 0 Å². The van der Waals surface area contributed by atoms with Crippen molar-refractivity contribution < 1.29 is 27.2 Å². The van der Waals surface area contributed by atoms with Crippen LogP contribution in [0.4, 0.5) is 27.2 Å². The molecular formula is C2F4O2. The minimum atomic E-state index is -2.83. The number of halogens is 4. The lowest BCUT2D eigenvalue weighted by Crippen LogP contribution is -1.54. The number of carbonyl (C=O) groups is 2. The molecule has 0 atom stereocenters. The average Bonchev–Trinajstić information content (AvgIpc) is 1.25. The third kappa shape index (κ3) is 94.4. The van der Waals surface area contributed by atoms with Gasteiger partial charge in [-0.25, -0.2) is 9.59 Å². The summed E-state index contributed by atoms with van der Waals surface area (Å²) < 4.78 is 38.8. The van der Waals surface area contributed by atoms with Crippen molar-refractivity contribution in [3.8, 4) is 0 Å². The lowest BCUT2D eigenvalue weighted by Gasteiger charge is -1.45. The fraction of sp³-hybridized carbons (Fsp3) is 0. The first-order valence-corrected chi connectivity index (χ1v) is 1.16. The number of hydrogen-bond acceptors (Lipinski definition) is 2. The Hall–Kier alpha value is -0.940. The molecular weight excluding hydrogens is 132 g/mol. The molecule has 0 saturated heterocycles. The summed E-state index contributed by atoms with van der Waals surface area (Å²) >= 11 is 0. The topological polar surface area (TPSA) is 34.1 Å². The Labute approximate surface area is 41.1 Å². The van der Waals surface area contributed by atoms with Crippen molar-refractivity contribution in [3.05, 3.63) is 0 Å². The Morgan fingerprint density at radius 2 is 0.750 bits per heavy atom. The van der Waals surface area contributed by atoms with Crippen molar-refractivity contribution in [1.29, 1.82) is 0 Å². The molecule has 0 aromatic carbocycles. The summed E-state index contributed by atoms with van der Waals surface area (Å²) in [6, 6.07) is 0. The molecule has 2 nitrogen and oxygen atoms in total. The molecule has 0 aromatic heterocycles. The second kappa shape index (κ2) is 6.06. The molecule has 0 heterocycles. The van der Waals surface area contributed by atoms with Gasteiger partial charge in [0.2, 0.25) is 0 Å². The molecule has 0 rings (SSSR count). The van der Waals surface area contributed by atoms with Gasteiger partial charge in [0, 0.05) is 0 Å². The second-order valence-corrected chi connectivity index (χ2v) is 0.451. The number of hydrogen-bond donors (Lipinski definition) is 0. The quantitative estimate of drug-likeness (QED) is 0.373. The molecule has 48 valence electrons. The van der Waals surface area contributed by atoms with Gasteiger partial charge in [0.25, 0.3) is 0 Å².